The lowest BCUT2D eigenvalue weighted by Crippen LogP contribution is -2.55. The molecule has 0 aromatic heterocycles. The summed E-state index contributed by atoms with van der Waals surface area (Å²) in [5.41, 5.74) is -2.97. The van der Waals surface area contributed by atoms with Crippen LogP contribution in [0.3, 0.4) is 0 Å². The van der Waals surface area contributed by atoms with E-state index in [9.17, 15) is 23.1 Å². The van der Waals surface area contributed by atoms with Crippen LogP contribution in [0.1, 0.15) is 33.6 Å². The molecular weight excluding hydrogens is 261 g/mol. The van der Waals surface area contributed by atoms with Crippen molar-refractivity contribution in [3.05, 3.63) is 0 Å². The van der Waals surface area contributed by atoms with Crippen molar-refractivity contribution in [3.8, 4) is 0 Å². The fourth-order valence-corrected chi connectivity index (χ4v) is 2.03. The van der Waals surface area contributed by atoms with Crippen molar-refractivity contribution in [3.63, 3.8) is 0 Å². The van der Waals surface area contributed by atoms with E-state index in [1.54, 1.807) is 4.90 Å². The molecule has 112 valence electrons. The maximum absolute atomic E-state index is 12.6. The summed E-state index contributed by atoms with van der Waals surface area (Å²) in [6, 6.07) is 0. The van der Waals surface area contributed by atoms with Gasteiger partial charge in [-0.05, 0) is 33.6 Å². The van der Waals surface area contributed by atoms with E-state index in [0.29, 0.717) is 0 Å². The van der Waals surface area contributed by atoms with Crippen LogP contribution >= 0.6 is 0 Å². The van der Waals surface area contributed by atoms with Crippen LogP contribution in [-0.2, 0) is 4.79 Å². The van der Waals surface area contributed by atoms with E-state index < -0.39 is 11.8 Å². The summed E-state index contributed by atoms with van der Waals surface area (Å²) in [7, 11) is 0. The first kappa shape index (κ1) is 16.2. The number of rotatable bonds is 2. The van der Waals surface area contributed by atoms with Crippen LogP contribution < -0.4 is 5.32 Å². The van der Waals surface area contributed by atoms with Gasteiger partial charge in [0.25, 0.3) is 0 Å². The Kier molecular flexibility index (Phi) is 4.51. The Morgan fingerprint density at radius 3 is 2.11 bits per heavy atom. The van der Waals surface area contributed by atoms with Gasteiger partial charge in [-0.3, -0.25) is 9.69 Å². The van der Waals surface area contributed by atoms with Crippen molar-refractivity contribution in [2.45, 2.75) is 50.9 Å². The van der Waals surface area contributed by atoms with Gasteiger partial charge in [-0.1, -0.05) is 0 Å². The number of piperidine rings is 1. The smallest absolute Gasteiger partial charge is 0.380 e. The molecule has 0 aromatic rings. The Bertz CT molecular complexity index is 329. The number of hydrogen-bond acceptors (Lipinski definition) is 3. The molecule has 1 rings (SSSR count). The van der Waals surface area contributed by atoms with E-state index in [1.807, 2.05) is 20.8 Å². The average molecular weight is 282 g/mol. The second-order valence-electron chi connectivity index (χ2n) is 6.10. The zero-order valence-electron chi connectivity index (χ0n) is 11.5. The lowest BCUT2D eigenvalue weighted by atomic mass is 9.91. The SMILES string of the molecule is CC(C)(C)NC(=O)CN1CCC(O)(C(F)(F)F)CC1. The highest BCUT2D eigenvalue weighted by Crippen LogP contribution is 2.38. The van der Waals surface area contributed by atoms with Crippen LogP contribution in [0.2, 0.25) is 0 Å². The third-order valence-corrected chi connectivity index (χ3v) is 3.09. The maximum Gasteiger partial charge on any atom is 0.417 e. The Balaban J connectivity index is 2.45. The van der Waals surface area contributed by atoms with Gasteiger partial charge < -0.3 is 10.4 Å². The molecule has 7 heteroatoms. The molecule has 1 aliphatic heterocycles. The van der Waals surface area contributed by atoms with Crippen LogP contribution in [0.5, 0.6) is 0 Å². The molecule has 0 spiro atoms. The van der Waals surface area contributed by atoms with E-state index in [2.05, 4.69) is 5.32 Å². The van der Waals surface area contributed by atoms with Crippen molar-refractivity contribution in [2.75, 3.05) is 19.6 Å². The lowest BCUT2D eigenvalue weighted by molar-refractivity contribution is -0.272. The number of carbonyl (C=O) groups excluding carboxylic acids is 1. The zero-order chi connectivity index (χ0) is 14.9. The lowest BCUT2D eigenvalue weighted by Gasteiger charge is -2.39. The van der Waals surface area contributed by atoms with Gasteiger partial charge in [0.1, 0.15) is 0 Å². The predicted molar refractivity (Wildman–Crippen MR) is 64.6 cm³/mol. The van der Waals surface area contributed by atoms with Gasteiger partial charge in [0.2, 0.25) is 5.91 Å². The van der Waals surface area contributed by atoms with Crippen LogP contribution in [-0.4, -0.2) is 52.9 Å². The molecular formula is C12H21F3N2O2. The van der Waals surface area contributed by atoms with Crippen LogP contribution in [0, 0.1) is 0 Å². The first-order valence-corrected chi connectivity index (χ1v) is 6.25. The van der Waals surface area contributed by atoms with E-state index in [0.717, 1.165) is 0 Å². The normalized spacial score (nSPS) is 21.2. The second-order valence-corrected chi connectivity index (χ2v) is 6.10. The van der Waals surface area contributed by atoms with Crippen molar-refractivity contribution >= 4 is 5.91 Å². The number of likely N-dealkylation sites (tertiary alicyclic amines) is 1. The Labute approximate surface area is 111 Å². The van der Waals surface area contributed by atoms with E-state index in [-0.39, 0.29) is 43.9 Å². The van der Waals surface area contributed by atoms with E-state index in [1.165, 1.54) is 0 Å². The average Bonchev–Trinajstić information content (AvgIpc) is 2.17. The van der Waals surface area contributed by atoms with Gasteiger partial charge in [0, 0.05) is 18.6 Å². The molecule has 0 bridgehead atoms. The topological polar surface area (TPSA) is 52.6 Å². The molecule has 1 saturated heterocycles. The van der Waals surface area contributed by atoms with Crippen molar-refractivity contribution < 1.29 is 23.1 Å². The van der Waals surface area contributed by atoms with Gasteiger partial charge in [0.05, 0.1) is 6.54 Å². The van der Waals surface area contributed by atoms with Crippen LogP contribution in [0.4, 0.5) is 13.2 Å². The molecule has 0 aliphatic carbocycles. The van der Waals surface area contributed by atoms with Gasteiger partial charge in [-0.15, -0.1) is 0 Å². The summed E-state index contributed by atoms with van der Waals surface area (Å²) in [5.74, 6) is -0.218. The molecule has 0 radical (unpaired) electrons. The number of halogens is 3. The molecule has 1 aliphatic rings. The molecule has 0 atom stereocenters. The quantitative estimate of drug-likeness (QED) is 0.802. The fraction of sp³-hybridized carbons (Fsp3) is 0.917. The maximum atomic E-state index is 12.6. The van der Waals surface area contributed by atoms with Crippen molar-refractivity contribution in [2.24, 2.45) is 0 Å². The standard InChI is InChI=1S/C12H21F3N2O2/c1-10(2,3)16-9(18)8-17-6-4-11(19,5-7-17)12(13,14)15/h19H,4-8H2,1-3H3,(H,16,18). The van der Waals surface area contributed by atoms with Gasteiger partial charge in [0.15, 0.2) is 5.60 Å². The van der Waals surface area contributed by atoms with E-state index in [4.69, 9.17) is 0 Å². The monoisotopic (exact) mass is 282 g/mol. The highest BCUT2D eigenvalue weighted by molar-refractivity contribution is 5.78. The number of nitrogens with zero attached hydrogens (tertiary/aromatic N) is 1. The molecule has 4 nitrogen and oxygen atoms in total. The Morgan fingerprint density at radius 2 is 1.74 bits per heavy atom. The van der Waals surface area contributed by atoms with Crippen LogP contribution in [0.15, 0.2) is 0 Å². The van der Waals surface area contributed by atoms with Gasteiger partial charge >= 0.3 is 6.18 Å². The largest absolute Gasteiger partial charge is 0.417 e. The summed E-state index contributed by atoms with van der Waals surface area (Å²) in [4.78, 5) is 13.3. The fourth-order valence-electron chi connectivity index (χ4n) is 2.03. The zero-order valence-corrected chi connectivity index (χ0v) is 11.5. The number of hydrogen-bond donors (Lipinski definition) is 2. The highest BCUT2D eigenvalue weighted by atomic mass is 19.4. The molecule has 0 saturated carbocycles. The summed E-state index contributed by atoms with van der Waals surface area (Å²) in [6.45, 7) is 5.70. The first-order chi connectivity index (χ1) is 8.43. The number of amides is 1. The molecule has 2 N–H and O–H groups in total. The van der Waals surface area contributed by atoms with Crippen LogP contribution in [0.25, 0.3) is 0 Å². The molecule has 1 fully saturated rings. The van der Waals surface area contributed by atoms with E-state index >= 15 is 0 Å². The summed E-state index contributed by atoms with van der Waals surface area (Å²) in [5, 5.41) is 12.2. The summed E-state index contributed by atoms with van der Waals surface area (Å²) >= 11 is 0. The Hall–Kier alpha value is -0.820. The minimum absolute atomic E-state index is 0.0607. The number of alkyl halides is 3. The van der Waals surface area contributed by atoms with Crippen molar-refractivity contribution in [1.29, 1.82) is 0 Å². The van der Waals surface area contributed by atoms with Crippen molar-refractivity contribution in [1.82, 2.24) is 10.2 Å². The Morgan fingerprint density at radius 1 is 1.26 bits per heavy atom. The third-order valence-electron chi connectivity index (χ3n) is 3.09. The first-order valence-electron chi connectivity index (χ1n) is 6.25. The van der Waals surface area contributed by atoms with Gasteiger partial charge in [-0.25, -0.2) is 0 Å². The number of aliphatic hydroxyl groups is 1. The number of nitrogens with one attached hydrogen (secondary N) is 1. The third kappa shape index (κ3) is 4.65. The highest BCUT2D eigenvalue weighted by Gasteiger charge is 2.54. The molecule has 1 amide bonds. The molecule has 1 heterocycles. The summed E-state index contributed by atoms with van der Waals surface area (Å²) in [6.07, 6.45) is -5.38. The molecule has 0 unspecified atom stereocenters. The number of carbonyl (C=O) groups is 1. The molecule has 0 aromatic carbocycles. The minimum Gasteiger partial charge on any atom is -0.380 e. The molecule has 19 heavy (non-hydrogen) atoms. The summed E-state index contributed by atoms with van der Waals surface area (Å²) < 4.78 is 37.8. The predicted octanol–water partition coefficient (Wildman–Crippen LogP) is 1.29. The minimum atomic E-state index is -4.60. The second kappa shape index (κ2) is 5.28. The van der Waals surface area contributed by atoms with Gasteiger partial charge in [-0.2, -0.15) is 13.2 Å².